The lowest BCUT2D eigenvalue weighted by atomic mass is 9.49. The summed E-state index contributed by atoms with van der Waals surface area (Å²) in [6.07, 6.45) is 7.88. The van der Waals surface area contributed by atoms with Crippen LogP contribution >= 0.6 is 0 Å². The van der Waals surface area contributed by atoms with Crippen molar-refractivity contribution in [2.45, 2.75) is 58.4 Å². The third-order valence-electron chi connectivity index (χ3n) is 7.14. The summed E-state index contributed by atoms with van der Waals surface area (Å²) in [5.74, 6) is 1.68. The van der Waals surface area contributed by atoms with Gasteiger partial charge in [-0.15, -0.1) is 0 Å². The van der Waals surface area contributed by atoms with E-state index in [0.29, 0.717) is 5.56 Å². The number of hydrogen-bond donors (Lipinski definition) is 2. The zero-order valence-electron chi connectivity index (χ0n) is 16.8. The fourth-order valence-electron chi connectivity index (χ4n) is 6.25. The third-order valence-corrected chi connectivity index (χ3v) is 7.14. The molecule has 1 atom stereocenters. The van der Waals surface area contributed by atoms with Crippen LogP contribution in [0.4, 0.5) is 4.39 Å². The van der Waals surface area contributed by atoms with Crippen LogP contribution in [-0.2, 0) is 4.79 Å². The van der Waals surface area contributed by atoms with E-state index in [2.05, 4.69) is 10.6 Å². The summed E-state index contributed by atoms with van der Waals surface area (Å²) >= 11 is 0. The van der Waals surface area contributed by atoms with Gasteiger partial charge in [-0.1, -0.05) is 13.8 Å². The van der Waals surface area contributed by atoms with E-state index in [1.54, 1.807) is 0 Å². The van der Waals surface area contributed by atoms with Gasteiger partial charge < -0.3 is 10.6 Å². The Morgan fingerprint density at radius 3 is 2.07 bits per heavy atom. The number of nitrogens with one attached hydrogen (secondary N) is 2. The number of benzene rings is 1. The molecule has 1 aromatic rings. The Kier molecular flexibility index (Phi) is 5.19. The molecule has 0 radical (unpaired) electrons. The van der Waals surface area contributed by atoms with Gasteiger partial charge >= 0.3 is 0 Å². The molecule has 0 spiro atoms. The van der Waals surface area contributed by atoms with Crippen LogP contribution in [0.1, 0.15) is 62.7 Å². The van der Waals surface area contributed by atoms with Crippen molar-refractivity contribution in [1.82, 2.24) is 10.6 Å². The molecule has 4 fully saturated rings. The topological polar surface area (TPSA) is 58.2 Å². The first-order valence-corrected chi connectivity index (χ1v) is 10.7. The molecule has 4 bridgehead atoms. The Balaban J connectivity index is 1.37. The van der Waals surface area contributed by atoms with Crippen LogP contribution < -0.4 is 10.6 Å². The van der Waals surface area contributed by atoms with Crippen LogP contribution in [0.5, 0.6) is 0 Å². The van der Waals surface area contributed by atoms with Crippen LogP contribution in [0.3, 0.4) is 0 Å². The van der Waals surface area contributed by atoms with Gasteiger partial charge in [0.05, 0.1) is 0 Å². The van der Waals surface area contributed by atoms with E-state index in [1.165, 1.54) is 62.8 Å². The lowest BCUT2D eigenvalue weighted by Gasteiger charge is -2.57. The first-order valence-electron chi connectivity index (χ1n) is 10.7. The summed E-state index contributed by atoms with van der Waals surface area (Å²) in [6, 6.07) is 4.80. The normalized spacial score (nSPS) is 31.6. The minimum absolute atomic E-state index is 0.0271. The first kappa shape index (κ1) is 19.4. The Morgan fingerprint density at radius 2 is 1.57 bits per heavy atom. The fourth-order valence-corrected chi connectivity index (χ4v) is 6.25. The average molecular weight is 387 g/mol. The molecule has 1 aromatic carbocycles. The summed E-state index contributed by atoms with van der Waals surface area (Å²) in [5, 5.41) is 6.01. The van der Waals surface area contributed by atoms with Crippen LogP contribution in [-0.4, -0.2) is 24.4 Å². The highest BCUT2D eigenvalue weighted by molar-refractivity contribution is 5.97. The number of amides is 2. The zero-order valence-corrected chi connectivity index (χ0v) is 16.8. The SMILES string of the molecule is CC(C)C(NC(=O)c1ccc(F)cc1)C(=O)NCC12CC3CC(CC(C3)C1)C2. The van der Waals surface area contributed by atoms with E-state index in [-0.39, 0.29) is 29.0 Å². The van der Waals surface area contributed by atoms with Gasteiger partial charge in [0.1, 0.15) is 11.9 Å². The second-order valence-corrected chi connectivity index (χ2v) is 9.84. The average Bonchev–Trinajstić information content (AvgIpc) is 2.63. The molecular formula is C23H31FN2O2. The highest BCUT2D eigenvalue weighted by Crippen LogP contribution is 2.59. The van der Waals surface area contributed by atoms with Gasteiger partial charge in [0.25, 0.3) is 5.91 Å². The number of carbonyl (C=O) groups excluding carboxylic acids is 2. The monoisotopic (exact) mass is 386 g/mol. The maximum atomic E-state index is 13.1. The number of carbonyl (C=O) groups is 2. The van der Waals surface area contributed by atoms with E-state index in [9.17, 15) is 14.0 Å². The van der Waals surface area contributed by atoms with Crippen molar-refractivity contribution in [3.8, 4) is 0 Å². The minimum Gasteiger partial charge on any atom is -0.354 e. The minimum atomic E-state index is -0.591. The zero-order chi connectivity index (χ0) is 19.9. The van der Waals surface area contributed by atoms with Crippen molar-refractivity contribution in [1.29, 1.82) is 0 Å². The molecule has 2 amide bonds. The molecule has 4 nitrogen and oxygen atoms in total. The molecule has 152 valence electrons. The Labute approximate surface area is 166 Å². The molecule has 4 aliphatic carbocycles. The number of hydrogen-bond acceptors (Lipinski definition) is 2. The molecule has 5 heteroatoms. The third kappa shape index (κ3) is 3.94. The lowest BCUT2D eigenvalue weighted by molar-refractivity contribution is -0.126. The predicted octanol–water partition coefficient (Wildman–Crippen LogP) is 3.91. The van der Waals surface area contributed by atoms with Crippen molar-refractivity contribution >= 4 is 11.8 Å². The van der Waals surface area contributed by atoms with Crippen LogP contribution in [0.15, 0.2) is 24.3 Å². The molecule has 0 aliphatic heterocycles. The summed E-state index contributed by atoms with van der Waals surface area (Å²) in [5.41, 5.74) is 0.633. The van der Waals surface area contributed by atoms with Gasteiger partial charge in [0, 0.05) is 12.1 Å². The van der Waals surface area contributed by atoms with E-state index < -0.39 is 6.04 Å². The van der Waals surface area contributed by atoms with Gasteiger partial charge in [0.15, 0.2) is 0 Å². The summed E-state index contributed by atoms with van der Waals surface area (Å²) < 4.78 is 13.1. The van der Waals surface area contributed by atoms with Gasteiger partial charge in [-0.3, -0.25) is 9.59 Å². The highest BCUT2D eigenvalue weighted by atomic mass is 19.1. The Hall–Kier alpha value is -1.91. The van der Waals surface area contributed by atoms with Crippen LogP contribution in [0.2, 0.25) is 0 Å². The van der Waals surface area contributed by atoms with E-state index in [1.807, 2.05) is 13.8 Å². The maximum absolute atomic E-state index is 13.1. The molecule has 28 heavy (non-hydrogen) atoms. The fraction of sp³-hybridized carbons (Fsp3) is 0.652. The van der Waals surface area contributed by atoms with Crippen molar-refractivity contribution in [3.05, 3.63) is 35.6 Å². The Morgan fingerprint density at radius 1 is 1.04 bits per heavy atom. The largest absolute Gasteiger partial charge is 0.354 e. The molecule has 2 N–H and O–H groups in total. The second-order valence-electron chi connectivity index (χ2n) is 9.84. The van der Waals surface area contributed by atoms with Crippen molar-refractivity contribution < 1.29 is 14.0 Å². The van der Waals surface area contributed by atoms with Gasteiger partial charge in [-0.2, -0.15) is 0 Å². The molecule has 0 saturated heterocycles. The van der Waals surface area contributed by atoms with E-state index in [0.717, 1.165) is 24.3 Å². The molecular weight excluding hydrogens is 355 g/mol. The standard InChI is InChI=1S/C23H31FN2O2/c1-14(2)20(26-21(27)18-3-5-19(24)6-4-18)22(28)25-13-23-10-15-7-16(11-23)9-17(8-15)12-23/h3-6,14-17,20H,7-13H2,1-2H3,(H,25,28)(H,26,27). The molecule has 4 saturated carbocycles. The smallest absolute Gasteiger partial charge is 0.251 e. The first-order chi connectivity index (χ1) is 13.3. The second kappa shape index (κ2) is 7.49. The van der Waals surface area contributed by atoms with E-state index >= 15 is 0 Å². The quantitative estimate of drug-likeness (QED) is 0.779. The molecule has 1 unspecified atom stereocenters. The molecule has 4 aliphatic rings. The summed E-state index contributed by atoms with van der Waals surface area (Å²) in [6.45, 7) is 4.59. The van der Waals surface area contributed by atoms with Gasteiger partial charge in [0.2, 0.25) is 5.91 Å². The molecule has 0 heterocycles. The van der Waals surface area contributed by atoms with Crippen molar-refractivity contribution in [2.75, 3.05) is 6.54 Å². The number of halogens is 1. The maximum Gasteiger partial charge on any atom is 0.251 e. The van der Waals surface area contributed by atoms with Crippen molar-refractivity contribution in [3.63, 3.8) is 0 Å². The van der Waals surface area contributed by atoms with Crippen LogP contribution in [0.25, 0.3) is 0 Å². The van der Waals surface area contributed by atoms with Gasteiger partial charge in [-0.25, -0.2) is 4.39 Å². The van der Waals surface area contributed by atoms with Crippen molar-refractivity contribution in [2.24, 2.45) is 29.1 Å². The molecule has 5 rings (SSSR count). The lowest BCUT2D eigenvalue weighted by Crippen LogP contribution is -2.55. The highest BCUT2D eigenvalue weighted by Gasteiger charge is 2.50. The predicted molar refractivity (Wildman–Crippen MR) is 106 cm³/mol. The molecule has 0 aromatic heterocycles. The van der Waals surface area contributed by atoms with Crippen LogP contribution in [0, 0.1) is 34.9 Å². The Bertz CT molecular complexity index is 708. The van der Waals surface area contributed by atoms with Gasteiger partial charge in [-0.05, 0) is 91.9 Å². The summed E-state index contributed by atoms with van der Waals surface area (Å²) in [4.78, 5) is 25.4. The number of rotatable bonds is 6. The van der Waals surface area contributed by atoms with E-state index in [4.69, 9.17) is 0 Å². The summed E-state index contributed by atoms with van der Waals surface area (Å²) in [7, 11) is 0.